The first-order valence-corrected chi connectivity index (χ1v) is 10.7. The Balaban J connectivity index is 2.20. The van der Waals surface area contributed by atoms with Gasteiger partial charge in [0.25, 0.3) is 0 Å². The third-order valence-corrected chi connectivity index (χ3v) is 7.03. The van der Waals surface area contributed by atoms with Crippen LogP contribution in [0.15, 0.2) is 29.2 Å². The molecule has 1 aliphatic rings. The van der Waals surface area contributed by atoms with Crippen LogP contribution in [0.5, 0.6) is 0 Å². The van der Waals surface area contributed by atoms with Crippen LogP contribution in [-0.4, -0.2) is 43.4 Å². The number of sulfone groups is 1. The fraction of sp³-hybridized carbons (Fsp3) is 0.632. The summed E-state index contributed by atoms with van der Waals surface area (Å²) in [5, 5.41) is -0.929. The van der Waals surface area contributed by atoms with Crippen LogP contribution in [0, 0.1) is 5.92 Å². The van der Waals surface area contributed by atoms with E-state index in [9.17, 15) is 26.4 Å². The Morgan fingerprint density at radius 2 is 1.89 bits per heavy atom. The molecule has 0 N–H and O–H groups in total. The summed E-state index contributed by atoms with van der Waals surface area (Å²) < 4.78 is 70.0. The number of rotatable bonds is 3. The first-order chi connectivity index (χ1) is 12.7. The van der Waals surface area contributed by atoms with E-state index >= 15 is 0 Å². The number of amides is 1. The molecule has 0 spiro atoms. The van der Waals surface area contributed by atoms with Crippen molar-refractivity contribution in [2.45, 2.75) is 62.5 Å². The third-order valence-electron chi connectivity index (χ3n) is 4.75. The van der Waals surface area contributed by atoms with Gasteiger partial charge in [0.15, 0.2) is 9.84 Å². The quantitative estimate of drug-likeness (QED) is 0.720. The van der Waals surface area contributed by atoms with Gasteiger partial charge in [-0.3, -0.25) is 0 Å². The highest BCUT2D eigenvalue weighted by Crippen LogP contribution is 2.33. The second kappa shape index (κ2) is 7.93. The fourth-order valence-corrected chi connectivity index (χ4v) is 4.92. The lowest BCUT2D eigenvalue weighted by Crippen LogP contribution is -2.46. The Bertz CT molecular complexity index is 815. The normalized spacial score (nSPS) is 20.0. The van der Waals surface area contributed by atoms with E-state index in [0.717, 1.165) is 12.1 Å². The molecule has 1 heterocycles. The van der Waals surface area contributed by atoms with E-state index in [1.54, 1.807) is 20.8 Å². The zero-order chi connectivity index (χ0) is 21.3. The van der Waals surface area contributed by atoms with Crippen molar-refractivity contribution in [3.8, 4) is 0 Å². The SMILES string of the molecule is CC(C1CCCN(C(=O)OC(C)(C)C)C1)S(=O)(=O)c1cccc(C(F)(F)F)c1. The number of carbonyl (C=O) groups is 1. The van der Waals surface area contributed by atoms with Crippen molar-refractivity contribution in [2.75, 3.05) is 13.1 Å². The monoisotopic (exact) mass is 421 g/mol. The lowest BCUT2D eigenvalue weighted by atomic mass is 9.95. The van der Waals surface area contributed by atoms with Crippen LogP contribution in [0.1, 0.15) is 46.1 Å². The fourth-order valence-electron chi connectivity index (χ4n) is 3.20. The number of carbonyl (C=O) groups excluding carboxylic acids is 1. The van der Waals surface area contributed by atoms with Crippen molar-refractivity contribution in [1.82, 2.24) is 4.90 Å². The van der Waals surface area contributed by atoms with E-state index in [1.807, 2.05) is 0 Å². The molecule has 2 rings (SSSR count). The summed E-state index contributed by atoms with van der Waals surface area (Å²) in [6.45, 7) is 7.36. The summed E-state index contributed by atoms with van der Waals surface area (Å²) in [7, 11) is -3.98. The van der Waals surface area contributed by atoms with Gasteiger partial charge in [-0.05, 0) is 64.7 Å². The minimum Gasteiger partial charge on any atom is -0.444 e. The Kier molecular flexibility index (Phi) is 6.37. The molecule has 0 radical (unpaired) electrons. The molecule has 1 fully saturated rings. The predicted molar refractivity (Wildman–Crippen MR) is 98.6 cm³/mol. The molecule has 0 aliphatic carbocycles. The molecule has 158 valence electrons. The molecule has 0 aromatic heterocycles. The van der Waals surface area contributed by atoms with Crippen LogP contribution in [-0.2, 0) is 20.8 Å². The number of hydrogen-bond acceptors (Lipinski definition) is 4. The van der Waals surface area contributed by atoms with Crippen LogP contribution in [0.4, 0.5) is 18.0 Å². The van der Waals surface area contributed by atoms with Crippen LogP contribution < -0.4 is 0 Å². The molecule has 5 nitrogen and oxygen atoms in total. The average Bonchev–Trinajstić information content (AvgIpc) is 2.59. The minimum atomic E-state index is -4.62. The zero-order valence-corrected chi connectivity index (χ0v) is 17.2. The first kappa shape index (κ1) is 22.5. The van der Waals surface area contributed by atoms with Gasteiger partial charge in [0, 0.05) is 13.1 Å². The van der Waals surface area contributed by atoms with Crippen molar-refractivity contribution in [3.63, 3.8) is 0 Å². The number of nitrogens with zero attached hydrogens (tertiary/aromatic N) is 1. The summed E-state index contributed by atoms with van der Waals surface area (Å²) in [6.07, 6.45) is -3.96. The number of benzene rings is 1. The Labute approximate surface area is 163 Å². The van der Waals surface area contributed by atoms with E-state index in [1.165, 1.54) is 17.9 Å². The molecule has 1 aromatic carbocycles. The van der Waals surface area contributed by atoms with E-state index in [-0.39, 0.29) is 17.4 Å². The molecule has 0 bridgehead atoms. The third kappa shape index (κ3) is 5.40. The van der Waals surface area contributed by atoms with Crippen molar-refractivity contribution in [1.29, 1.82) is 0 Å². The highest BCUT2D eigenvalue weighted by atomic mass is 32.2. The molecule has 28 heavy (non-hydrogen) atoms. The second-order valence-electron chi connectivity index (χ2n) is 8.10. The molecular formula is C19H26F3NO4S. The van der Waals surface area contributed by atoms with Crippen LogP contribution in [0.2, 0.25) is 0 Å². The first-order valence-electron chi connectivity index (χ1n) is 9.11. The molecule has 2 unspecified atom stereocenters. The number of alkyl halides is 3. The Morgan fingerprint density at radius 3 is 2.46 bits per heavy atom. The van der Waals surface area contributed by atoms with Crippen molar-refractivity contribution >= 4 is 15.9 Å². The minimum absolute atomic E-state index is 0.189. The highest BCUT2D eigenvalue weighted by Gasteiger charge is 2.37. The molecule has 9 heteroatoms. The lowest BCUT2D eigenvalue weighted by molar-refractivity contribution is -0.137. The summed E-state index contributed by atoms with van der Waals surface area (Å²) in [6, 6.07) is 3.78. The van der Waals surface area contributed by atoms with Gasteiger partial charge in [0.1, 0.15) is 5.60 Å². The molecule has 2 atom stereocenters. The number of piperidine rings is 1. The second-order valence-corrected chi connectivity index (χ2v) is 10.4. The van der Waals surface area contributed by atoms with Gasteiger partial charge in [-0.2, -0.15) is 13.2 Å². The molecule has 1 aliphatic heterocycles. The van der Waals surface area contributed by atoms with E-state index in [4.69, 9.17) is 4.74 Å². The molecular weight excluding hydrogens is 395 g/mol. The number of likely N-dealkylation sites (tertiary alicyclic amines) is 1. The lowest BCUT2D eigenvalue weighted by Gasteiger charge is -2.36. The number of halogens is 3. The Morgan fingerprint density at radius 1 is 1.25 bits per heavy atom. The summed E-state index contributed by atoms with van der Waals surface area (Å²) in [5.74, 6) is -0.388. The van der Waals surface area contributed by atoms with Crippen molar-refractivity contribution in [3.05, 3.63) is 29.8 Å². The summed E-state index contributed by atoms with van der Waals surface area (Å²) in [4.78, 5) is 13.4. The number of hydrogen-bond donors (Lipinski definition) is 0. The van der Waals surface area contributed by atoms with Gasteiger partial charge in [-0.1, -0.05) is 6.07 Å². The van der Waals surface area contributed by atoms with Gasteiger partial charge in [-0.15, -0.1) is 0 Å². The van der Waals surface area contributed by atoms with Crippen molar-refractivity contribution < 1.29 is 31.1 Å². The predicted octanol–water partition coefficient (Wildman–Crippen LogP) is 4.51. The average molecular weight is 421 g/mol. The molecule has 1 aromatic rings. The maximum atomic E-state index is 12.9. The maximum absolute atomic E-state index is 12.9. The topological polar surface area (TPSA) is 63.7 Å². The summed E-state index contributed by atoms with van der Waals surface area (Å²) in [5.41, 5.74) is -1.67. The van der Waals surface area contributed by atoms with E-state index < -0.39 is 38.5 Å². The van der Waals surface area contributed by atoms with Gasteiger partial charge >= 0.3 is 12.3 Å². The standard InChI is InChI=1S/C19H26F3NO4S/c1-13(14-7-6-10-23(12-14)17(24)27-18(2,3)4)28(25,26)16-9-5-8-15(11-16)19(20,21)22/h5,8-9,11,13-14H,6-7,10,12H2,1-4H3. The largest absolute Gasteiger partial charge is 0.444 e. The Hall–Kier alpha value is -1.77. The zero-order valence-electron chi connectivity index (χ0n) is 16.4. The van der Waals surface area contributed by atoms with Crippen LogP contribution >= 0.6 is 0 Å². The van der Waals surface area contributed by atoms with Crippen molar-refractivity contribution in [2.24, 2.45) is 5.92 Å². The molecule has 1 amide bonds. The highest BCUT2D eigenvalue weighted by molar-refractivity contribution is 7.92. The number of ether oxygens (including phenoxy) is 1. The van der Waals surface area contributed by atoms with Gasteiger partial charge in [0.05, 0.1) is 15.7 Å². The molecule has 1 saturated heterocycles. The smallest absolute Gasteiger partial charge is 0.416 e. The van der Waals surface area contributed by atoms with Gasteiger partial charge in [-0.25, -0.2) is 13.2 Å². The van der Waals surface area contributed by atoms with Gasteiger partial charge < -0.3 is 9.64 Å². The maximum Gasteiger partial charge on any atom is 0.416 e. The van der Waals surface area contributed by atoms with E-state index in [2.05, 4.69) is 0 Å². The van der Waals surface area contributed by atoms with Gasteiger partial charge in [0.2, 0.25) is 0 Å². The summed E-state index contributed by atoms with van der Waals surface area (Å²) >= 11 is 0. The molecule has 0 saturated carbocycles. The van der Waals surface area contributed by atoms with Crippen LogP contribution in [0.3, 0.4) is 0 Å². The van der Waals surface area contributed by atoms with Crippen LogP contribution in [0.25, 0.3) is 0 Å². The van der Waals surface area contributed by atoms with E-state index in [0.29, 0.717) is 25.5 Å².